The number of hydrogen-bond donors (Lipinski definition) is 1. The third-order valence-corrected chi connectivity index (χ3v) is 2.76. The summed E-state index contributed by atoms with van der Waals surface area (Å²) in [5.41, 5.74) is 0. The minimum absolute atomic E-state index is 0.120. The lowest BCUT2D eigenvalue weighted by Gasteiger charge is -2.26. The molecule has 0 spiro atoms. The molecule has 0 atom stereocenters. The molecule has 0 saturated carbocycles. The van der Waals surface area contributed by atoms with E-state index in [1.807, 2.05) is 0 Å². The second-order valence-corrected chi connectivity index (χ2v) is 3.98. The zero-order valence-electron chi connectivity index (χ0n) is 9.22. The Morgan fingerprint density at radius 1 is 1.56 bits per heavy atom. The highest BCUT2D eigenvalue weighted by Crippen LogP contribution is 2.15. The van der Waals surface area contributed by atoms with Gasteiger partial charge in [0.25, 0.3) is 11.7 Å². The summed E-state index contributed by atoms with van der Waals surface area (Å²) in [5.74, 6) is 0.435. The van der Waals surface area contributed by atoms with E-state index in [9.17, 15) is 4.79 Å². The van der Waals surface area contributed by atoms with Crippen molar-refractivity contribution in [1.82, 2.24) is 25.5 Å². The maximum atomic E-state index is 11.8. The number of aromatic nitrogens is 4. The van der Waals surface area contributed by atoms with Gasteiger partial charge in [0.05, 0.1) is 0 Å². The van der Waals surface area contributed by atoms with Crippen LogP contribution in [0, 0.1) is 5.92 Å². The maximum absolute atomic E-state index is 11.8. The van der Waals surface area contributed by atoms with E-state index in [0.717, 1.165) is 32.6 Å². The zero-order chi connectivity index (χ0) is 11.4. The molecule has 1 saturated heterocycles. The molecule has 7 heteroatoms. The topological polar surface area (TPSA) is 84.0 Å². The Balaban J connectivity index is 1.87. The van der Waals surface area contributed by atoms with Gasteiger partial charge in [-0.15, -0.1) is 10.2 Å². The lowest BCUT2D eigenvalue weighted by atomic mass is 10.00. The van der Waals surface area contributed by atoms with Gasteiger partial charge in [-0.05, 0) is 24.0 Å². The SMILES string of the molecule is CN(CC1CCOCC1)C(=O)c1nn[nH]n1. The van der Waals surface area contributed by atoms with Crippen LogP contribution in [0.1, 0.15) is 23.5 Å². The van der Waals surface area contributed by atoms with E-state index < -0.39 is 0 Å². The van der Waals surface area contributed by atoms with E-state index in [2.05, 4.69) is 20.6 Å². The van der Waals surface area contributed by atoms with Crippen molar-refractivity contribution in [2.75, 3.05) is 26.8 Å². The summed E-state index contributed by atoms with van der Waals surface area (Å²) < 4.78 is 5.27. The summed E-state index contributed by atoms with van der Waals surface area (Å²) in [6, 6.07) is 0. The average Bonchev–Trinajstić information content (AvgIpc) is 2.83. The number of carbonyl (C=O) groups excluding carboxylic acids is 1. The van der Waals surface area contributed by atoms with Crippen LogP contribution in [0.15, 0.2) is 0 Å². The summed E-state index contributed by atoms with van der Waals surface area (Å²) in [5, 5.41) is 13.0. The lowest BCUT2D eigenvalue weighted by Crippen LogP contribution is -2.34. The predicted octanol–water partition coefficient (Wildman–Crippen LogP) is -0.302. The van der Waals surface area contributed by atoms with Gasteiger partial charge in [-0.1, -0.05) is 0 Å². The molecule has 16 heavy (non-hydrogen) atoms. The zero-order valence-corrected chi connectivity index (χ0v) is 9.22. The Hall–Kier alpha value is -1.50. The summed E-state index contributed by atoms with van der Waals surface area (Å²) in [6.45, 7) is 2.29. The largest absolute Gasteiger partial charge is 0.381 e. The number of aromatic amines is 1. The van der Waals surface area contributed by atoms with Crippen LogP contribution < -0.4 is 0 Å². The highest BCUT2D eigenvalue weighted by atomic mass is 16.5. The van der Waals surface area contributed by atoms with E-state index >= 15 is 0 Å². The van der Waals surface area contributed by atoms with Gasteiger partial charge in [0.15, 0.2) is 0 Å². The number of carbonyl (C=O) groups is 1. The molecular weight excluding hydrogens is 210 g/mol. The van der Waals surface area contributed by atoms with Crippen molar-refractivity contribution in [2.24, 2.45) is 5.92 Å². The van der Waals surface area contributed by atoms with Gasteiger partial charge in [-0.2, -0.15) is 5.21 Å². The van der Waals surface area contributed by atoms with Crippen LogP contribution in [0.25, 0.3) is 0 Å². The molecular formula is C9H15N5O2. The number of nitrogens with zero attached hydrogens (tertiary/aromatic N) is 4. The van der Waals surface area contributed by atoms with Crippen molar-refractivity contribution in [3.8, 4) is 0 Å². The van der Waals surface area contributed by atoms with Crippen LogP contribution in [-0.4, -0.2) is 58.2 Å². The molecule has 2 rings (SSSR count). The van der Waals surface area contributed by atoms with Crippen LogP contribution in [0.2, 0.25) is 0 Å². The van der Waals surface area contributed by atoms with Crippen LogP contribution >= 0.6 is 0 Å². The normalized spacial score (nSPS) is 17.3. The van der Waals surface area contributed by atoms with Crippen LogP contribution in [0.5, 0.6) is 0 Å². The van der Waals surface area contributed by atoms with Gasteiger partial charge < -0.3 is 9.64 Å². The number of H-pyrrole nitrogens is 1. The Morgan fingerprint density at radius 3 is 2.94 bits per heavy atom. The second-order valence-electron chi connectivity index (χ2n) is 3.98. The third kappa shape index (κ3) is 2.54. The molecule has 0 aromatic carbocycles. The van der Waals surface area contributed by atoms with Crippen molar-refractivity contribution >= 4 is 5.91 Å². The molecule has 0 radical (unpaired) electrons. The fourth-order valence-electron chi connectivity index (χ4n) is 1.82. The molecule has 1 aliphatic heterocycles. The average molecular weight is 225 g/mol. The smallest absolute Gasteiger partial charge is 0.295 e. The van der Waals surface area contributed by atoms with E-state index in [1.165, 1.54) is 0 Å². The third-order valence-electron chi connectivity index (χ3n) is 2.76. The molecule has 1 aliphatic rings. The highest BCUT2D eigenvalue weighted by molar-refractivity contribution is 5.89. The summed E-state index contributed by atoms with van der Waals surface area (Å²) in [7, 11) is 1.76. The fourth-order valence-corrected chi connectivity index (χ4v) is 1.82. The molecule has 1 amide bonds. The predicted molar refractivity (Wildman–Crippen MR) is 54.7 cm³/mol. The number of amides is 1. The van der Waals surface area contributed by atoms with Gasteiger partial charge in [-0.25, -0.2) is 0 Å². The first kappa shape index (κ1) is 11.0. The number of tetrazole rings is 1. The van der Waals surface area contributed by atoms with Crippen LogP contribution in [-0.2, 0) is 4.74 Å². The first-order valence-corrected chi connectivity index (χ1v) is 5.34. The van der Waals surface area contributed by atoms with Crippen molar-refractivity contribution in [3.63, 3.8) is 0 Å². The summed E-state index contributed by atoms with van der Waals surface area (Å²) in [4.78, 5) is 13.4. The highest BCUT2D eigenvalue weighted by Gasteiger charge is 2.21. The quantitative estimate of drug-likeness (QED) is 0.763. The van der Waals surface area contributed by atoms with Gasteiger partial charge >= 0.3 is 0 Å². The minimum atomic E-state index is -0.194. The van der Waals surface area contributed by atoms with E-state index in [0.29, 0.717) is 5.92 Å². The summed E-state index contributed by atoms with van der Waals surface area (Å²) in [6.07, 6.45) is 2.01. The van der Waals surface area contributed by atoms with Crippen molar-refractivity contribution < 1.29 is 9.53 Å². The van der Waals surface area contributed by atoms with Gasteiger partial charge in [0.2, 0.25) is 0 Å². The van der Waals surface area contributed by atoms with Crippen molar-refractivity contribution in [3.05, 3.63) is 5.82 Å². The van der Waals surface area contributed by atoms with E-state index in [1.54, 1.807) is 11.9 Å². The van der Waals surface area contributed by atoms with Gasteiger partial charge in [-0.3, -0.25) is 4.79 Å². The first-order valence-electron chi connectivity index (χ1n) is 5.34. The molecule has 1 fully saturated rings. The number of hydrogen-bond acceptors (Lipinski definition) is 5. The number of rotatable bonds is 3. The minimum Gasteiger partial charge on any atom is -0.381 e. The van der Waals surface area contributed by atoms with Gasteiger partial charge in [0.1, 0.15) is 0 Å². The monoisotopic (exact) mass is 225 g/mol. The molecule has 2 heterocycles. The number of nitrogens with one attached hydrogen (secondary N) is 1. The van der Waals surface area contributed by atoms with Crippen LogP contribution in [0.4, 0.5) is 0 Å². The lowest BCUT2D eigenvalue weighted by molar-refractivity contribution is 0.0493. The van der Waals surface area contributed by atoms with Crippen molar-refractivity contribution in [1.29, 1.82) is 0 Å². The molecule has 88 valence electrons. The maximum Gasteiger partial charge on any atom is 0.295 e. The standard InChI is InChI=1S/C9H15N5O2/c1-14(6-7-2-4-16-5-3-7)9(15)8-10-12-13-11-8/h7H,2-6H2,1H3,(H,10,11,12,13). The summed E-state index contributed by atoms with van der Waals surface area (Å²) >= 11 is 0. The molecule has 0 aliphatic carbocycles. The Morgan fingerprint density at radius 2 is 2.31 bits per heavy atom. The first-order chi connectivity index (χ1) is 7.77. The van der Waals surface area contributed by atoms with E-state index in [4.69, 9.17) is 4.74 Å². The fraction of sp³-hybridized carbons (Fsp3) is 0.778. The second kappa shape index (κ2) is 5.02. The van der Waals surface area contributed by atoms with E-state index in [-0.39, 0.29) is 11.7 Å². The Labute approximate surface area is 93.2 Å². The molecule has 1 N–H and O–H groups in total. The van der Waals surface area contributed by atoms with Gasteiger partial charge in [0, 0.05) is 26.8 Å². The Kier molecular flexibility index (Phi) is 3.45. The van der Waals surface area contributed by atoms with Crippen LogP contribution in [0.3, 0.4) is 0 Å². The molecule has 0 unspecified atom stereocenters. The molecule has 0 bridgehead atoms. The molecule has 1 aromatic heterocycles. The Bertz CT molecular complexity index is 334. The number of ether oxygens (including phenoxy) is 1. The molecule has 1 aromatic rings. The molecule has 7 nitrogen and oxygen atoms in total. The van der Waals surface area contributed by atoms with Crippen molar-refractivity contribution in [2.45, 2.75) is 12.8 Å².